The van der Waals surface area contributed by atoms with Crippen molar-refractivity contribution >= 4 is 15.9 Å². The number of benzene rings is 1. The number of nitrogens with two attached hydrogens (primary N) is 1. The van der Waals surface area contributed by atoms with Crippen LogP contribution in [0.2, 0.25) is 0 Å². The third-order valence-electron chi connectivity index (χ3n) is 2.95. The van der Waals surface area contributed by atoms with Crippen molar-refractivity contribution in [2.24, 2.45) is 5.84 Å². The van der Waals surface area contributed by atoms with Gasteiger partial charge in [-0.1, -0.05) is 28.1 Å². The molecule has 0 saturated heterocycles. The van der Waals surface area contributed by atoms with Gasteiger partial charge in [0.1, 0.15) is 5.69 Å². The molecule has 1 aromatic heterocycles. The minimum absolute atomic E-state index is 0.277. The summed E-state index contributed by atoms with van der Waals surface area (Å²) in [5, 5.41) is 0. The van der Waals surface area contributed by atoms with Crippen molar-refractivity contribution < 1.29 is 4.74 Å². The molecule has 0 bridgehead atoms. The Morgan fingerprint density at radius 1 is 1.32 bits per heavy atom. The summed E-state index contributed by atoms with van der Waals surface area (Å²) in [5.74, 6) is 6.15. The maximum absolute atomic E-state index is 5.69. The fourth-order valence-electron chi connectivity index (χ4n) is 1.94. The normalized spacial score (nSPS) is 12.2. The number of ether oxygens (including phenoxy) is 1. The maximum atomic E-state index is 5.69. The zero-order chi connectivity index (χ0) is 13.8. The SMILES string of the molecule is COc1nccnc1C(NN)c1cccc(Br)c1C. The molecule has 0 aliphatic rings. The summed E-state index contributed by atoms with van der Waals surface area (Å²) in [6.45, 7) is 2.02. The zero-order valence-electron chi connectivity index (χ0n) is 10.7. The highest BCUT2D eigenvalue weighted by Gasteiger charge is 2.21. The Bertz CT molecular complexity index is 576. The van der Waals surface area contributed by atoms with E-state index in [2.05, 4.69) is 31.3 Å². The molecular formula is C13H15BrN4O. The minimum Gasteiger partial charge on any atom is -0.480 e. The molecule has 3 N–H and O–H groups in total. The minimum atomic E-state index is -0.277. The van der Waals surface area contributed by atoms with E-state index >= 15 is 0 Å². The molecule has 1 unspecified atom stereocenters. The van der Waals surface area contributed by atoms with E-state index in [-0.39, 0.29) is 6.04 Å². The van der Waals surface area contributed by atoms with Gasteiger partial charge in [0.15, 0.2) is 0 Å². The van der Waals surface area contributed by atoms with Gasteiger partial charge in [0.25, 0.3) is 0 Å². The highest BCUT2D eigenvalue weighted by Crippen LogP contribution is 2.30. The molecule has 0 fully saturated rings. The monoisotopic (exact) mass is 322 g/mol. The number of halogens is 1. The van der Waals surface area contributed by atoms with Gasteiger partial charge in [-0.05, 0) is 24.1 Å². The first-order chi connectivity index (χ1) is 9.19. The van der Waals surface area contributed by atoms with Crippen molar-refractivity contribution in [1.29, 1.82) is 0 Å². The van der Waals surface area contributed by atoms with E-state index in [1.165, 1.54) is 0 Å². The fourth-order valence-corrected chi connectivity index (χ4v) is 2.33. The van der Waals surface area contributed by atoms with E-state index in [0.717, 1.165) is 15.6 Å². The molecule has 1 atom stereocenters. The number of nitrogens with zero attached hydrogens (tertiary/aromatic N) is 2. The number of aromatic nitrogens is 2. The van der Waals surface area contributed by atoms with E-state index in [4.69, 9.17) is 10.6 Å². The summed E-state index contributed by atoms with van der Waals surface area (Å²) >= 11 is 3.52. The van der Waals surface area contributed by atoms with Gasteiger partial charge in [0.05, 0.1) is 13.2 Å². The van der Waals surface area contributed by atoms with Crippen LogP contribution >= 0.6 is 15.9 Å². The Balaban J connectivity index is 2.53. The van der Waals surface area contributed by atoms with E-state index < -0.39 is 0 Å². The quantitative estimate of drug-likeness (QED) is 0.666. The molecule has 0 amide bonds. The molecule has 6 heteroatoms. The third kappa shape index (κ3) is 2.75. The number of methoxy groups -OCH3 is 1. The molecule has 100 valence electrons. The lowest BCUT2D eigenvalue weighted by Gasteiger charge is -2.19. The van der Waals surface area contributed by atoms with Crippen molar-refractivity contribution in [2.45, 2.75) is 13.0 Å². The second kappa shape index (κ2) is 6.10. The van der Waals surface area contributed by atoms with E-state index in [1.807, 2.05) is 25.1 Å². The third-order valence-corrected chi connectivity index (χ3v) is 3.80. The van der Waals surface area contributed by atoms with Gasteiger partial charge in [-0.25, -0.2) is 10.4 Å². The van der Waals surface area contributed by atoms with Gasteiger partial charge in [0.2, 0.25) is 5.88 Å². The first-order valence-electron chi connectivity index (χ1n) is 5.75. The van der Waals surface area contributed by atoms with Crippen LogP contribution in [0.3, 0.4) is 0 Å². The van der Waals surface area contributed by atoms with E-state index in [0.29, 0.717) is 11.6 Å². The Hall–Kier alpha value is -1.50. The number of nitrogens with one attached hydrogen (secondary N) is 1. The molecule has 1 aromatic carbocycles. The summed E-state index contributed by atoms with van der Waals surface area (Å²) in [6, 6.07) is 5.67. The molecule has 2 aromatic rings. The van der Waals surface area contributed by atoms with Crippen LogP contribution in [0.15, 0.2) is 35.1 Å². The summed E-state index contributed by atoms with van der Waals surface area (Å²) in [4.78, 5) is 8.47. The molecule has 1 heterocycles. The molecule has 5 nitrogen and oxygen atoms in total. The molecule has 0 radical (unpaired) electrons. The van der Waals surface area contributed by atoms with Crippen molar-refractivity contribution in [1.82, 2.24) is 15.4 Å². The van der Waals surface area contributed by atoms with Crippen LogP contribution in [0.4, 0.5) is 0 Å². The lowest BCUT2D eigenvalue weighted by atomic mass is 9.99. The number of rotatable bonds is 4. The Morgan fingerprint density at radius 3 is 2.74 bits per heavy atom. The Morgan fingerprint density at radius 2 is 2.05 bits per heavy atom. The van der Waals surface area contributed by atoms with Gasteiger partial charge in [-0.2, -0.15) is 0 Å². The largest absolute Gasteiger partial charge is 0.480 e. The standard InChI is InChI=1S/C13H15BrN4O/c1-8-9(4-3-5-10(8)14)11(18-15)12-13(19-2)17-7-6-16-12/h3-7,11,18H,15H2,1-2H3. The van der Waals surface area contributed by atoms with Crippen molar-refractivity contribution in [3.05, 3.63) is 51.9 Å². The van der Waals surface area contributed by atoms with Gasteiger partial charge in [-0.15, -0.1) is 0 Å². The Kier molecular flexibility index (Phi) is 4.47. The van der Waals surface area contributed by atoms with Gasteiger partial charge in [0, 0.05) is 16.9 Å². The molecule has 0 spiro atoms. The number of hydrogen-bond donors (Lipinski definition) is 2. The van der Waals surface area contributed by atoms with Gasteiger partial charge >= 0.3 is 0 Å². The zero-order valence-corrected chi connectivity index (χ0v) is 12.3. The molecule has 0 aliphatic carbocycles. The first kappa shape index (κ1) is 13.9. The second-order valence-electron chi connectivity index (χ2n) is 4.00. The average molecular weight is 323 g/mol. The van der Waals surface area contributed by atoms with Crippen molar-refractivity contribution in [3.63, 3.8) is 0 Å². The van der Waals surface area contributed by atoms with Crippen molar-refractivity contribution in [3.8, 4) is 5.88 Å². The summed E-state index contributed by atoms with van der Waals surface area (Å²) < 4.78 is 6.26. The second-order valence-corrected chi connectivity index (χ2v) is 4.86. The topological polar surface area (TPSA) is 73.1 Å². The van der Waals surface area contributed by atoms with Crippen LogP contribution in [0.1, 0.15) is 22.9 Å². The van der Waals surface area contributed by atoms with Crippen LogP contribution < -0.4 is 16.0 Å². The summed E-state index contributed by atoms with van der Waals surface area (Å²) in [7, 11) is 1.56. The average Bonchev–Trinajstić information content (AvgIpc) is 2.45. The van der Waals surface area contributed by atoms with Crippen LogP contribution in [0, 0.1) is 6.92 Å². The van der Waals surface area contributed by atoms with Gasteiger partial charge < -0.3 is 4.74 Å². The first-order valence-corrected chi connectivity index (χ1v) is 6.54. The van der Waals surface area contributed by atoms with E-state index in [1.54, 1.807) is 19.5 Å². The highest BCUT2D eigenvalue weighted by molar-refractivity contribution is 9.10. The van der Waals surface area contributed by atoms with Crippen LogP contribution in [-0.2, 0) is 0 Å². The molecule has 2 rings (SSSR count). The van der Waals surface area contributed by atoms with Gasteiger partial charge in [-0.3, -0.25) is 10.8 Å². The van der Waals surface area contributed by atoms with Crippen LogP contribution in [-0.4, -0.2) is 17.1 Å². The van der Waals surface area contributed by atoms with Crippen LogP contribution in [0.25, 0.3) is 0 Å². The lowest BCUT2D eigenvalue weighted by molar-refractivity contribution is 0.383. The Labute approximate surface area is 120 Å². The van der Waals surface area contributed by atoms with Crippen molar-refractivity contribution in [2.75, 3.05) is 7.11 Å². The smallest absolute Gasteiger partial charge is 0.237 e. The number of hydrazine groups is 1. The van der Waals surface area contributed by atoms with Crippen LogP contribution in [0.5, 0.6) is 5.88 Å². The molecule has 19 heavy (non-hydrogen) atoms. The fraction of sp³-hybridized carbons (Fsp3) is 0.231. The van der Waals surface area contributed by atoms with E-state index in [9.17, 15) is 0 Å². The summed E-state index contributed by atoms with van der Waals surface area (Å²) in [6.07, 6.45) is 3.21. The molecule has 0 aliphatic heterocycles. The predicted octanol–water partition coefficient (Wildman–Crippen LogP) is 2.11. The predicted molar refractivity (Wildman–Crippen MR) is 76.6 cm³/mol. The summed E-state index contributed by atoms with van der Waals surface area (Å²) in [5.41, 5.74) is 5.55. The molecule has 0 saturated carbocycles. The highest BCUT2D eigenvalue weighted by atomic mass is 79.9. The maximum Gasteiger partial charge on any atom is 0.237 e. The lowest BCUT2D eigenvalue weighted by Crippen LogP contribution is -2.30. The number of hydrogen-bond acceptors (Lipinski definition) is 5. The molecular weight excluding hydrogens is 308 g/mol.